The Labute approximate surface area is 247 Å². The molecule has 0 radical (unpaired) electrons. The summed E-state index contributed by atoms with van der Waals surface area (Å²) < 4.78 is 20.2. The number of rotatable bonds is 9. The van der Waals surface area contributed by atoms with E-state index in [1.54, 1.807) is 0 Å². The van der Waals surface area contributed by atoms with Gasteiger partial charge in [-0.05, 0) is 145 Å². The van der Waals surface area contributed by atoms with Gasteiger partial charge in [0.2, 0.25) is 0 Å². The highest BCUT2D eigenvalue weighted by Crippen LogP contribution is 2.42. The number of alkyl halides is 1. The third-order valence-corrected chi connectivity index (χ3v) is 10.0. The molecule has 0 atom stereocenters. The number of halogens is 1. The molecule has 4 aromatic rings. The van der Waals surface area contributed by atoms with Crippen LogP contribution in [0.5, 0.6) is 11.5 Å². The highest BCUT2D eigenvalue weighted by molar-refractivity contribution is 7.19. The Morgan fingerprint density at radius 2 is 1.66 bits per heavy atom. The van der Waals surface area contributed by atoms with Crippen LogP contribution in [0.15, 0.2) is 66.7 Å². The van der Waals surface area contributed by atoms with E-state index in [1.165, 1.54) is 67.6 Å². The lowest BCUT2D eigenvalue weighted by Gasteiger charge is -2.29. The minimum atomic E-state index is -0.182. The van der Waals surface area contributed by atoms with Crippen molar-refractivity contribution in [1.82, 2.24) is 0 Å². The molecule has 6 rings (SSSR count). The van der Waals surface area contributed by atoms with Crippen LogP contribution in [-0.4, -0.2) is 17.9 Å². The zero-order chi connectivity index (χ0) is 28.2. The SMILES string of the molecule is Cc1cc2cc(C3=C(c4ccc(OC5CCC(CCCCCF)CC5)cc4)c4ccc(O)cc4CCC3)ccc2s1. The van der Waals surface area contributed by atoms with Crippen molar-refractivity contribution in [2.45, 2.75) is 83.7 Å². The van der Waals surface area contributed by atoms with E-state index in [0.29, 0.717) is 12.2 Å². The molecule has 0 amide bonds. The molecule has 1 fully saturated rings. The molecule has 2 nitrogen and oxygen atoms in total. The number of phenolic OH excluding ortho intramolecular Hbond substituents is 1. The molecular weight excluding hydrogens is 527 g/mol. The Hall–Kier alpha value is -3.11. The molecule has 1 aromatic heterocycles. The summed E-state index contributed by atoms with van der Waals surface area (Å²) in [6.45, 7) is 1.99. The van der Waals surface area contributed by atoms with Gasteiger partial charge in [-0.25, -0.2) is 0 Å². The Morgan fingerprint density at radius 1 is 0.854 bits per heavy atom. The minimum absolute atomic E-state index is 0.182. The van der Waals surface area contributed by atoms with Crippen LogP contribution in [0.3, 0.4) is 0 Å². The Bertz CT molecular complexity index is 1510. The van der Waals surface area contributed by atoms with Crippen molar-refractivity contribution in [2.24, 2.45) is 5.92 Å². The van der Waals surface area contributed by atoms with E-state index in [9.17, 15) is 9.50 Å². The van der Waals surface area contributed by atoms with Gasteiger partial charge in [0, 0.05) is 9.58 Å². The van der Waals surface area contributed by atoms with Crippen LogP contribution in [0.4, 0.5) is 4.39 Å². The first-order chi connectivity index (χ1) is 20.1. The summed E-state index contributed by atoms with van der Waals surface area (Å²) in [7, 11) is 0. The number of allylic oxidation sites excluding steroid dienone is 1. The van der Waals surface area contributed by atoms with Crippen molar-refractivity contribution >= 4 is 32.6 Å². The maximum Gasteiger partial charge on any atom is 0.119 e. The first kappa shape index (κ1) is 28.0. The third kappa shape index (κ3) is 6.54. The molecule has 0 aliphatic heterocycles. The number of aryl methyl sites for hydroxylation is 2. The lowest BCUT2D eigenvalue weighted by molar-refractivity contribution is 0.127. The summed E-state index contributed by atoms with van der Waals surface area (Å²) in [6, 6.07) is 23.8. The lowest BCUT2D eigenvalue weighted by atomic mass is 9.84. The summed E-state index contributed by atoms with van der Waals surface area (Å²) in [5.74, 6) is 2.05. The number of phenols is 1. The molecule has 2 aliphatic carbocycles. The van der Waals surface area contributed by atoms with Gasteiger partial charge in [0.15, 0.2) is 0 Å². The molecule has 1 heterocycles. The number of fused-ring (bicyclic) bond motifs is 2. The number of hydrogen-bond acceptors (Lipinski definition) is 3. The van der Waals surface area contributed by atoms with Crippen molar-refractivity contribution in [1.29, 1.82) is 0 Å². The molecule has 2 aliphatic rings. The second kappa shape index (κ2) is 12.8. The topological polar surface area (TPSA) is 29.5 Å². The van der Waals surface area contributed by atoms with E-state index in [0.717, 1.165) is 56.6 Å². The van der Waals surface area contributed by atoms with Crippen LogP contribution in [0.2, 0.25) is 0 Å². The van der Waals surface area contributed by atoms with Gasteiger partial charge in [-0.2, -0.15) is 0 Å². The van der Waals surface area contributed by atoms with Crippen LogP contribution in [0, 0.1) is 12.8 Å². The summed E-state index contributed by atoms with van der Waals surface area (Å²) in [6.07, 6.45) is 12.0. The van der Waals surface area contributed by atoms with Gasteiger partial charge in [0.1, 0.15) is 11.5 Å². The third-order valence-electron chi connectivity index (χ3n) is 9.01. The van der Waals surface area contributed by atoms with E-state index in [-0.39, 0.29) is 12.8 Å². The molecule has 4 heteroatoms. The van der Waals surface area contributed by atoms with E-state index in [4.69, 9.17) is 4.74 Å². The number of unbranched alkanes of at least 4 members (excludes halogenated alkanes) is 2. The average Bonchev–Trinajstić information content (AvgIpc) is 3.25. The fraction of sp³-hybridized carbons (Fsp3) is 0.405. The van der Waals surface area contributed by atoms with E-state index < -0.39 is 0 Å². The second-order valence-electron chi connectivity index (χ2n) is 12.0. The molecule has 0 bridgehead atoms. The molecule has 41 heavy (non-hydrogen) atoms. The van der Waals surface area contributed by atoms with Crippen molar-refractivity contribution in [3.05, 3.63) is 93.9 Å². The normalized spacial score (nSPS) is 19.3. The maximum absolute atomic E-state index is 12.4. The Kier molecular flexibility index (Phi) is 8.76. The van der Waals surface area contributed by atoms with Crippen molar-refractivity contribution in [3.63, 3.8) is 0 Å². The van der Waals surface area contributed by atoms with E-state index >= 15 is 0 Å². The van der Waals surface area contributed by atoms with Gasteiger partial charge < -0.3 is 9.84 Å². The minimum Gasteiger partial charge on any atom is -0.508 e. The predicted molar refractivity (Wildman–Crippen MR) is 171 cm³/mol. The van der Waals surface area contributed by atoms with Crippen molar-refractivity contribution in [3.8, 4) is 11.5 Å². The van der Waals surface area contributed by atoms with Gasteiger partial charge in [0.05, 0.1) is 12.8 Å². The lowest BCUT2D eigenvalue weighted by Crippen LogP contribution is -2.24. The van der Waals surface area contributed by atoms with Crippen LogP contribution in [0.25, 0.3) is 21.2 Å². The predicted octanol–water partition coefficient (Wildman–Crippen LogP) is 10.7. The van der Waals surface area contributed by atoms with Crippen molar-refractivity contribution < 1.29 is 14.2 Å². The molecule has 1 saturated carbocycles. The smallest absolute Gasteiger partial charge is 0.119 e. The number of ether oxygens (including phenoxy) is 1. The molecule has 0 saturated heterocycles. The van der Waals surface area contributed by atoms with E-state index in [2.05, 4.69) is 61.5 Å². The fourth-order valence-electron chi connectivity index (χ4n) is 6.89. The fourth-order valence-corrected chi connectivity index (χ4v) is 7.80. The zero-order valence-electron chi connectivity index (χ0n) is 24.1. The van der Waals surface area contributed by atoms with Crippen LogP contribution < -0.4 is 4.74 Å². The van der Waals surface area contributed by atoms with E-state index in [1.807, 2.05) is 23.5 Å². The van der Waals surface area contributed by atoms with Gasteiger partial charge >= 0.3 is 0 Å². The second-order valence-corrected chi connectivity index (χ2v) is 13.3. The largest absolute Gasteiger partial charge is 0.508 e. The van der Waals surface area contributed by atoms with Crippen LogP contribution in [0.1, 0.15) is 91.3 Å². The quantitative estimate of drug-likeness (QED) is 0.204. The number of thiophene rings is 1. The Balaban J connectivity index is 1.25. The first-order valence-corrected chi connectivity index (χ1v) is 16.3. The molecule has 3 aromatic carbocycles. The molecule has 0 unspecified atom stereocenters. The highest BCUT2D eigenvalue weighted by atomic mass is 32.1. The summed E-state index contributed by atoms with van der Waals surface area (Å²) in [5, 5.41) is 11.6. The molecule has 0 spiro atoms. The van der Waals surface area contributed by atoms with Gasteiger partial charge in [0.25, 0.3) is 0 Å². The summed E-state index contributed by atoms with van der Waals surface area (Å²) >= 11 is 1.85. The maximum atomic E-state index is 12.4. The van der Waals surface area contributed by atoms with Crippen LogP contribution >= 0.6 is 11.3 Å². The molecule has 1 N–H and O–H groups in total. The Morgan fingerprint density at radius 3 is 2.46 bits per heavy atom. The zero-order valence-corrected chi connectivity index (χ0v) is 24.9. The first-order valence-electron chi connectivity index (χ1n) is 15.5. The molecule has 214 valence electrons. The number of aromatic hydroxyl groups is 1. The van der Waals surface area contributed by atoms with Gasteiger partial charge in [-0.15, -0.1) is 11.3 Å². The average molecular weight is 569 g/mol. The number of benzene rings is 3. The summed E-state index contributed by atoms with van der Waals surface area (Å²) in [5.41, 5.74) is 7.55. The van der Waals surface area contributed by atoms with Gasteiger partial charge in [-0.1, -0.05) is 43.5 Å². The monoisotopic (exact) mass is 568 g/mol. The highest BCUT2D eigenvalue weighted by Gasteiger charge is 2.23. The van der Waals surface area contributed by atoms with Gasteiger partial charge in [-0.3, -0.25) is 4.39 Å². The number of hydrogen-bond donors (Lipinski definition) is 1. The van der Waals surface area contributed by atoms with Crippen LogP contribution in [-0.2, 0) is 6.42 Å². The molecular formula is C37H41FO2S. The standard InChI is InChI=1S/C37H41FO2S/c1-25-22-30-23-29(13-20-36(30)41-25)34-8-5-7-28-24-31(39)14-19-35(28)37(34)27-11-17-33(18-12-27)40-32-15-9-26(10-16-32)6-3-2-4-21-38/h11-14,17-20,22-24,26,32,39H,2-10,15-16,21H2,1H3. The summed E-state index contributed by atoms with van der Waals surface area (Å²) in [4.78, 5) is 1.34. The van der Waals surface area contributed by atoms with Crippen molar-refractivity contribution in [2.75, 3.05) is 6.67 Å².